The maximum Gasteiger partial charge on any atom is 0.0224 e. The van der Waals surface area contributed by atoms with Crippen molar-refractivity contribution in [3.05, 3.63) is 12.3 Å². The molecule has 0 aromatic heterocycles. The molecule has 0 rings (SSSR count). The van der Waals surface area contributed by atoms with Gasteiger partial charge in [0.25, 0.3) is 0 Å². The average molecular weight is 154 g/mol. The van der Waals surface area contributed by atoms with Gasteiger partial charge in [0.15, 0.2) is 0 Å². The first kappa shape index (κ1) is 10.4. The van der Waals surface area contributed by atoms with Gasteiger partial charge >= 0.3 is 0 Å². The predicted molar refractivity (Wildman–Crippen MR) is 50.8 cm³/mol. The predicted octanol–water partition coefficient (Wildman–Crippen LogP) is 2.11. The van der Waals surface area contributed by atoms with Gasteiger partial charge in [0.1, 0.15) is 0 Å². The van der Waals surface area contributed by atoms with E-state index in [-0.39, 0.29) is 0 Å². The quantitative estimate of drug-likeness (QED) is 0.462. The number of nitrogens with two attached hydrogens (primary N) is 1. The van der Waals surface area contributed by atoms with Gasteiger partial charge in [-0.2, -0.15) is 0 Å². The Morgan fingerprint density at radius 3 is 2.82 bits per heavy atom. The van der Waals surface area contributed by atoms with Crippen molar-refractivity contribution in [1.29, 1.82) is 0 Å². The summed E-state index contributed by atoms with van der Waals surface area (Å²) in [6, 6.07) is 0. The zero-order chi connectivity index (χ0) is 8.36. The standard InChI is InChI=1S/C9H18N2/c1-2-3-5-8-11-9-6-4-7-10/h6,8-9H,2-5,7,10H2,1H3. The molecule has 0 amide bonds. The fourth-order valence-electron chi connectivity index (χ4n) is 0.662. The van der Waals surface area contributed by atoms with Gasteiger partial charge in [-0.25, -0.2) is 0 Å². The third-order valence-corrected chi connectivity index (χ3v) is 1.32. The number of aliphatic imine (C=N–C) groups is 1. The first-order valence-corrected chi connectivity index (χ1v) is 4.28. The summed E-state index contributed by atoms with van der Waals surface area (Å²) in [5.41, 5.74) is 5.29. The molecular formula is C9H18N2. The van der Waals surface area contributed by atoms with E-state index in [4.69, 9.17) is 5.73 Å². The van der Waals surface area contributed by atoms with E-state index >= 15 is 0 Å². The average Bonchev–Trinajstić information content (AvgIpc) is 2.03. The minimum Gasteiger partial charge on any atom is -0.330 e. The Labute approximate surface area is 69.2 Å². The smallest absolute Gasteiger partial charge is 0.0224 e. The summed E-state index contributed by atoms with van der Waals surface area (Å²) in [6.45, 7) is 2.89. The molecule has 0 saturated carbocycles. The molecule has 0 aliphatic carbocycles. The van der Waals surface area contributed by atoms with E-state index in [1.807, 2.05) is 18.5 Å². The van der Waals surface area contributed by atoms with Crippen molar-refractivity contribution < 1.29 is 0 Å². The number of unbranched alkanes of at least 4 members (excludes halogenated alkanes) is 2. The van der Waals surface area contributed by atoms with E-state index in [0.717, 1.165) is 12.8 Å². The molecule has 0 saturated heterocycles. The molecule has 0 unspecified atom stereocenters. The van der Waals surface area contributed by atoms with E-state index in [2.05, 4.69) is 11.9 Å². The molecule has 0 aliphatic rings. The SMILES string of the molecule is CCCCC=NC=CCCN. The maximum absolute atomic E-state index is 5.29. The monoisotopic (exact) mass is 154 g/mol. The molecule has 0 spiro atoms. The third-order valence-electron chi connectivity index (χ3n) is 1.32. The second-order valence-electron chi connectivity index (χ2n) is 2.44. The zero-order valence-electron chi connectivity index (χ0n) is 7.29. The van der Waals surface area contributed by atoms with E-state index < -0.39 is 0 Å². The van der Waals surface area contributed by atoms with Gasteiger partial charge in [-0.1, -0.05) is 19.4 Å². The molecule has 2 N–H and O–H groups in total. The molecule has 2 nitrogen and oxygen atoms in total. The molecular weight excluding hydrogens is 136 g/mol. The normalized spacial score (nSPS) is 11.8. The van der Waals surface area contributed by atoms with Crippen LogP contribution in [0.25, 0.3) is 0 Å². The topological polar surface area (TPSA) is 38.4 Å². The van der Waals surface area contributed by atoms with Crippen molar-refractivity contribution in [2.75, 3.05) is 6.54 Å². The number of nitrogens with zero attached hydrogens (tertiary/aromatic N) is 1. The minimum absolute atomic E-state index is 0.709. The minimum atomic E-state index is 0.709. The van der Waals surface area contributed by atoms with Crippen LogP contribution in [-0.4, -0.2) is 12.8 Å². The fourth-order valence-corrected chi connectivity index (χ4v) is 0.662. The number of rotatable bonds is 6. The summed E-state index contributed by atoms with van der Waals surface area (Å²) in [5, 5.41) is 0. The molecule has 0 atom stereocenters. The Bertz CT molecular complexity index is 117. The van der Waals surface area contributed by atoms with Crippen LogP contribution in [0, 0.1) is 0 Å². The molecule has 0 bridgehead atoms. The molecule has 0 heterocycles. The molecule has 0 aromatic carbocycles. The van der Waals surface area contributed by atoms with Gasteiger partial charge in [-0.15, -0.1) is 0 Å². The van der Waals surface area contributed by atoms with Crippen molar-refractivity contribution in [1.82, 2.24) is 0 Å². The Kier molecular flexibility index (Phi) is 8.83. The highest BCUT2D eigenvalue weighted by atomic mass is 14.7. The summed E-state index contributed by atoms with van der Waals surface area (Å²) in [4.78, 5) is 4.09. The molecule has 11 heavy (non-hydrogen) atoms. The largest absolute Gasteiger partial charge is 0.330 e. The summed E-state index contributed by atoms with van der Waals surface area (Å²) in [6.07, 6.45) is 10.2. The van der Waals surface area contributed by atoms with Crippen LogP contribution >= 0.6 is 0 Å². The van der Waals surface area contributed by atoms with E-state index in [1.54, 1.807) is 0 Å². The molecule has 0 radical (unpaired) electrons. The van der Waals surface area contributed by atoms with Crippen LogP contribution in [-0.2, 0) is 0 Å². The van der Waals surface area contributed by atoms with E-state index in [9.17, 15) is 0 Å². The molecule has 0 aromatic rings. The molecule has 2 heteroatoms. The van der Waals surface area contributed by atoms with E-state index in [0.29, 0.717) is 6.54 Å². The summed E-state index contributed by atoms with van der Waals surface area (Å²) < 4.78 is 0. The Morgan fingerprint density at radius 1 is 1.36 bits per heavy atom. The Hall–Kier alpha value is -0.630. The number of hydrogen-bond donors (Lipinski definition) is 1. The van der Waals surface area contributed by atoms with Gasteiger partial charge in [0, 0.05) is 12.4 Å². The fraction of sp³-hybridized carbons (Fsp3) is 0.667. The summed E-state index contributed by atoms with van der Waals surface area (Å²) >= 11 is 0. The first-order chi connectivity index (χ1) is 5.41. The lowest BCUT2D eigenvalue weighted by atomic mass is 10.3. The van der Waals surface area contributed by atoms with Crippen LogP contribution in [0.15, 0.2) is 17.3 Å². The number of hydrogen-bond acceptors (Lipinski definition) is 2. The highest BCUT2D eigenvalue weighted by molar-refractivity contribution is 5.57. The first-order valence-electron chi connectivity index (χ1n) is 4.28. The van der Waals surface area contributed by atoms with Crippen molar-refractivity contribution in [2.45, 2.75) is 32.6 Å². The highest BCUT2D eigenvalue weighted by Gasteiger charge is 1.76. The Morgan fingerprint density at radius 2 is 2.18 bits per heavy atom. The summed E-state index contributed by atoms with van der Waals surface area (Å²) in [7, 11) is 0. The Balaban J connectivity index is 3.14. The highest BCUT2D eigenvalue weighted by Crippen LogP contribution is 1.90. The van der Waals surface area contributed by atoms with Gasteiger partial charge in [-0.3, -0.25) is 4.99 Å². The lowest BCUT2D eigenvalue weighted by Crippen LogP contribution is -1.94. The van der Waals surface area contributed by atoms with Gasteiger partial charge < -0.3 is 5.73 Å². The van der Waals surface area contributed by atoms with Crippen molar-refractivity contribution in [3.8, 4) is 0 Å². The van der Waals surface area contributed by atoms with Crippen LogP contribution in [0.3, 0.4) is 0 Å². The van der Waals surface area contributed by atoms with Crippen molar-refractivity contribution >= 4 is 6.21 Å². The maximum atomic E-state index is 5.29. The van der Waals surface area contributed by atoms with Crippen LogP contribution in [0.5, 0.6) is 0 Å². The van der Waals surface area contributed by atoms with E-state index in [1.165, 1.54) is 12.8 Å². The van der Waals surface area contributed by atoms with Crippen LogP contribution in [0.1, 0.15) is 32.6 Å². The van der Waals surface area contributed by atoms with Crippen LogP contribution < -0.4 is 5.73 Å². The third kappa shape index (κ3) is 9.37. The summed E-state index contributed by atoms with van der Waals surface area (Å²) in [5.74, 6) is 0. The zero-order valence-corrected chi connectivity index (χ0v) is 7.29. The second-order valence-corrected chi connectivity index (χ2v) is 2.44. The van der Waals surface area contributed by atoms with Crippen LogP contribution in [0.4, 0.5) is 0 Å². The van der Waals surface area contributed by atoms with Crippen molar-refractivity contribution in [3.63, 3.8) is 0 Å². The molecule has 0 aliphatic heterocycles. The lowest BCUT2D eigenvalue weighted by molar-refractivity contribution is 0.842. The van der Waals surface area contributed by atoms with Gasteiger partial charge in [0.2, 0.25) is 0 Å². The molecule has 64 valence electrons. The van der Waals surface area contributed by atoms with Gasteiger partial charge in [-0.05, 0) is 25.8 Å². The second kappa shape index (κ2) is 9.37. The van der Waals surface area contributed by atoms with Gasteiger partial charge in [0.05, 0.1) is 0 Å². The van der Waals surface area contributed by atoms with Crippen molar-refractivity contribution in [2.24, 2.45) is 10.7 Å². The van der Waals surface area contributed by atoms with Crippen LogP contribution in [0.2, 0.25) is 0 Å². The lowest BCUT2D eigenvalue weighted by Gasteiger charge is -1.85. The molecule has 0 fully saturated rings.